The van der Waals surface area contributed by atoms with Gasteiger partial charge in [-0.25, -0.2) is 9.59 Å². The molecule has 0 spiro atoms. The Balaban J connectivity index is 0. The molecule has 0 amide bonds. The average molecular weight is 248 g/mol. The molecule has 0 aliphatic carbocycles. The first-order valence-corrected chi connectivity index (χ1v) is 4.51. The maximum absolute atomic E-state index is 10.6. The summed E-state index contributed by atoms with van der Waals surface area (Å²) < 4.78 is 3.86. The second kappa shape index (κ2) is 11.0. The summed E-state index contributed by atoms with van der Waals surface area (Å²) in [6.07, 6.45) is -0.371. The van der Waals surface area contributed by atoms with E-state index in [0.29, 0.717) is 0 Å². The molecule has 2 unspecified atom stereocenters. The van der Waals surface area contributed by atoms with Crippen LogP contribution in [0.1, 0.15) is 0 Å². The van der Waals surface area contributed by atoms with E-state index in [1.165, 1.54) is 0 Å². The predicted octanol–water partition coefficient (Wildman–Crippen LogP) is -1.88. The molecule has 0 aromatic heterocycles. The van der Waals surface area contributed by atoms with Crippen molar-refractivity contribution in [2.75, 3.05) is 13.2 Å². The summed E-state index contributed by atoms with van der Waals surface area (Å²) in [4.78, 5) is 21.1. The predicted molar refractivity (Wildman–Crippen MR) is 57.7 cm³/mol. The number of rotatable bonds is 5. The molecule has 2 atom stereocenters. The van der Waals surface area contributed by atoms with Crippen LogP contribution in [0.25, 0.3) is 0 Å². The fourth-order valence-electron chi connectivity index (χ4n) is 0.384. The number of carbonyl (C=O) groups is 2. The van der Waals surface area contributed by atoms with Crippen LogP contribution in [0.5, 0.6) is 0 Å². The summed E-state index contributed by atoms with van der Waals surface area (Å²) in [7, 11) is 0. The lowest BCUT2D eigenvalue weighted by molar-refractivity contribution is -0.173. The smallest absolute Gasteiger partial charge is 0.345 e. The first kappa shape index (κ1) is 17.8. The molecular weight excluding hydrogens is 232 g/mol. The molecule has 98 valence electrons. The molecule has 0 saturated carbocycles. The van der Waals surface area contributed by atoms with Gasteiger partial charge in [-0.2, -0.15) is 0 Å². The molecule has 0 aliphatic heterocycles. The minimum absolute atomic E-state index is 0.888. The molecule has 0 bridgehead atoms. The number of allylic oxidation sites excluding steroid dienone is 2. The Morgan fingerprint density at radius 3 is 1.47 bits per heavy atom. The Morgan fingerprint density at radius 2 is 1.29 bits per heavy atom. The van der Waals surface area contributed by atoms with Crippen LogP contribution < -0.4 is 0 Å². The maximum atomic E-state index is 10.6. The van der Waals surface area contributed by atoms with Crippen molar-refractivity contribution in [1.29, 1.82) is 0 Å². The van der Waals surface area contributed by atoms with Gasteiger partial charge in [-0.1, -0.05) is 25.3 Å². The summed E-state index contributed by atoms with van der Waals surface area (Å²) in [6.45, 7) is 4.95. The highest BCUT2D eigenvalue weighted by atomic mass is 16.6. The third-order valence-electron chi connectivity index (χ3n) is 1.26. The molecule has 0 heterocycles. The van der Waals surface area contributed by atoms with Crippen molar-refractivity contribution in [1.82, 2.24) is 0 Å². The minimum atomic E-state index is -1.82. The van der Waals surface area contributed by atoms with Crippen molar-refractivity contribution in [3.8, 4) is 0 Å². The van der Waals surface area contributed by atoms with E-state index in [-0.39, 0.29) is 0 Å². The zero-order valence-corrected chi connectivity index (χ0v) is 9.15. The molecule has 0 radical (unpaired) electrons. The summed E-state index contributed by atoms with van der Waals surface area (Å²) in [5.41, 5.74) is 0. The highest BCUT2D eigenvalue weighted by molar-refractivity contribution is 5.89. The van der Waals surface area contributed by atoms with Crippen LogP contribution in [-0.4, -0.2) is 57.8 Å². The Morgan fingerprint density at radius 1 is 1.00 bits per heavy atom. The van der Waals surface area contributed by atoms with E-state index >= 15 is 0 Å². The summed E-state index contributed by atoms with van der Waals surface area (Å²) in [6, 6.07) is 0. The third-order valence-corrected chi connectivity index (χ3v) is 1.26. The summed E-state index contributed by atoms with van der Waals surface area (Å²) in [5.74, 6) is -2.75. The van der Waals surface area contributed by atoms with Crippen molar-refractivity contribution in [2.24, 2.45) is 0 Å². The molecule has 0 aliphatic rings. The number of aliphatic hydroxyl groups excluding tert-OH is 4. The number of hydrogen-bond acceptors (Lipinski definition) is 7. The van der Waals surface area contributed by atoms with Crippen LogP contribution in [0, 0.1) is 0 Å². The van der Waals surface area contributed by atoms with Gasteiger partial charge in [0.1, 0.15) is 0 Å². The fourth-order valence-corrected chi connectivity index (χ4v) is 0.384. The van der Waals surface area contributed by atoms with Crippen molar-refractivity contribution in [2.45, 2.75) is 12.2 Å². The number of carbonyl (C=O) groups excluding carboxylic acids is 2. The van der Waals surface area contributed by atoms with Gasteiger partial charge >= 0.3 is 11.9 Å². The van der Waals surface area contributed by atoms with E-state index in [0.717, 1.165) is 0 Å². The molecule has 7 heteroatoms. The summed E-state index contributed by atoms with van der Waals surface area (Å²) in [5, 5.41) is 33.7. The molecule has 0 aromatic carbocycles. The zero-order valence-electron chi connectivity index (χ0n) is 9.15. The topological polar surface area (TPSA) is 124 Å². The highest BCUT2D eigenvalue weighted by Crippen LogP contribution is 1.92. The zero-order chi connectivity index (χ0) is 13.8. The van der Waals surface area contributed by atoms with Gasteiger partial charge in [0, 0.05) is 0 Å². The standard InChI is InChI=1S/C6H10O7.C4H6/c7-1-3(9)5(11)13-6(12)4(10)2-8;1-3-4-2/h3-4,7-10H,1-2H2;3-4H,1-2H2. The Hall–Kier alpha value is -1.54. The average Bonchev–Trinajstić information content (AvgIpc) is 2.36. The second-order valence-electron chi connectivity index (χ2n) is 2.61. The molecular formula is C10H16O7. The van der Waals surface area contributed by atoms with E-state index in [9.17, 15) is 9.59 Å². The Bertz CT molecular complexity index is 235. The van der Waals surface area contributed by atoms with E-state index < -0.39 is 37.4 Å². The quantitative estimate of drug-likeness (QED) is 0.255. The lowest BCUT2D eigenvalue weighted by Crippen LogP contribution is -2.34. The van der Waals surface area contributed by atoms with E-state index in [1.807, 2.05) is 0 Å². The van der Waals surface area contributed by atoms with Gasteiger partial charge in [0.2, 0.25) is 0 Å². The first-order chi connectivity index (χ1) is 7.94. The van der Waals surface area contributed by atoms with Gasteiger partial charge in [0.05, 0.1) is 13.2 Å². The maximum Gasteiger partial charge on any atom is 0.345 e. The minimum Gasteiger partial charge on any atom is -0.393 e. The molecule has 0 saturated heterocycles. The van der Waals surface area contributed by atoms with E-state index in [2.05, 4.69) is 17.9 Å². The van der Waals surface area contributed by atoms with Gasteiger partial charge in [-0.15, -0.1) is 0 Å². The van der Waals surface area contributed by atoms with Gasteiger partial charge in [-0.3, -0.25) is 0 Å². The molecule has 17 heavy (non-hydrogen) atoms. The summed E-state index contributed by atoms with van der Waals surface area (Å²) >= 11 is 0. The molecule has 0 aromatic rings. The SMILES string of the molecule is C=CC=C.O=C(OC(=O)C(O)CO)C(O)CO. The lowest BCUT2D eigenvalue weighted by Gasteiger charge is -2.08. The first-order valence-electron chi connectivity index (χ1n) is 4.51. The van der Waals surface area contributed by atoms with Crippen molar-refractivity contribution in [3.05, 3.63) is 25.3 Å². The van der Waals surface area contributed by atoms with Crippen LogP contribution in [-0.2, 0) is 14.3 Å². The van der Waals surface area contributed by atoms with Crippen LogP contribution in [0.4, 0.5) is 0 Å². The normalized spacial score (nSPS) is 12.5. The van der Waals surface area contributed by atoms with E-state index in [1.54, 1.807) is 12.2 Å². The highest BCUT2D eigenvalue weighted by Gasteiger charge is 2.23. The van der Waals surface area contributed by atoms with Gasteiger partial charge in [-0.05, 0) is 0 Å². The van der Waals surface area contributed by atoms with Crippen molar-refractivity contribution in [3.63, 3.8) is 0 Å². The monoisotopic (exact) mass is 248 g/mol. The van der Waals surface area contributed by atoms with E-state index in [4.69, 9.17) is 20.4 Å². The largest absolute Gasteiger partial charge is 0.393 e. The molecule has 4 N–H and O–H groups in total. The number of hydrogen-bond donors (Lipinski definition) is 4. The van der Waals surface area contributed by atoms with Crippen molar-refractivity contribution >= 4 is 11.9 Å². The lowest BCUT2D eigenvalue weighted by atomic mass is 10.3. The van der Waals surface area contributed by atoms with Crippen molar-refractivity contribution < 1.29 is 34.8 Å². The van der Waals surface area contributed by atoms with Gasteiger partial charge in [0.25, 0.3) is 0 Å². The molecule has 0 rings (SSSR count). The molecule has 7 nitrogen and oxygen atoms in total. The fraction of sp³-hybridized carbons (Fsp3) is 0.400. The Kier molecular flexibility index (Phi) is 11.5. The van der Waals surface area contributed by atoms with Crippen LogP contribution in [0.3, 0.4) is 0 Å². The van der Waals surface area contributed by atoms with Gasteiger partial charge in [0.15, 0.2) is 12.2 Å². The van der Waals surface area contributed by atoms with Gasteiger partial charge < -0.3 is 25.2 Å². The van der Waals surface area contributed by atoms with Crippen LogP contribution >= 0.6 is 0 Å². The second-order valence-corrected chi connectivity index (χ2v) is 2.61. The number of esters is 2. The van der Waals surface area contributed by atoms with Crippen LogP contribution in [0.15, 0.2) is 25.3 Å². The third kappa shape index (κ3) is 9.39. The Labute approximate surface area is 98.3 Å². The van der Waals surface area contributed by atoms with Crippen LogP contribution in [0.2, 0.25) is 0 Å². The number of aliphatic hydroxyl groups is 4. The number of ether oxygens (including phenoxy) is 1. The molecule has 0 fully saturated rings.